The minimum absolute atomic E-state index is 0.219. The molecule has 0 aliphatic rings. The summed E-state index contributed by atoms with van der Waals surface area (Å²) in [6.45, 7) is 7.24. The predicted octanol–water partition coefficient (Wildman–Crippen LogP) is 6.01. The van der Waals surface area contributed by atoms with E-state index >= 15 is 0 Å². The van der Waals surface area contributed by atoms with Crippen molar-refractivity contribution in [3.8, 4) is 5.75 Å². The third-order valence-electron chi connectivity index (χ3n) is 3.46. The van der Waals surface area contributed by atoms with E-state index in [-0.39, 0.29) is 5.41 Å². The van der Waals surface area contributed by atoms with E-state index in [4.69, 9.17) is 16.3 Å². The van der Waals surface area contributed by atoms with Crippen molar-refractivity contribution >= 4 is 27.5 Å². The van der Waals surface area contributed by atoms with Gasteiger partial charge in [0.25, 0.3) is 0 Å². The SMILES string of the molecule is CCCC(CBr)(CCC)COc1cc(C)ccc1Cl. The normalized spacial score (nSPS) is 11.6. The molecule has 19 heavy (non-hydrogen) atoms. The Kier molecular flexibility index (Phi) is 7.23. The molecule has 0 aliphatic carbocycles. The van der Waals surface area contributed by atoms with Crippen LogP contribution in [-0.2, 0) is 0 Å². The number of hydrogen-bond donors (Lipinski definition) is 0. The number of ether oxygens (including phenoxy) is 1. The van der Waals surface area contributed by atoms with E-state index in [1.165, 1.54) is 31.2 Å². The van der Waals surface area contributed by atoms with Crippen molar-refractivity contribution in [1.29, 1.82) is 0 Å². The Labute approximate surface area is 130 Å². The molecule has 0 unspecified atom stereocenters. The summed E-state index contributed by atoms with van der Waals surface area (Å²) in [5.41, 5.74) is 1.39. The number of hydrogen-bond acceptors (Lipinski definition) is 1. The minimum atomic E-state index is 0.219. The Morgan fingerprint density at radius 2 is 1.84 bits per heavy atom. The fourth-order valence-corrected chi connectivity index (χ4v) is 3.35. The largest absolute Gasteiger partial charge is 0.491 e. The highest BCUT2D eigenvalue weighted by Gasteiger charge is 2.28. The van der Waals surface area contributed by atoms with Gasteiger partial charge >= 0.3 is 0 Å². The second-order valence-corrected chi connectivity index (χ2v) is 6.32. The molecule has 108 valence electrons. The lowest BCUT2D eigenvalue weighted by Crippen LogP contribution is -2.30. The first kappa shape index (κ1) is 16.8. The average molecular weight is 348 g/mol. The Hall–Kier alpha value is -0.210. The van der Waals surface area contributed by atoms with Crippen LogP contribution in [0.3, 0.4) is 0 Å². The molecule has 0 radical (unpaired) electrons. The fourth-order valence-electron chi connectivity index (χ4n) is 2.45. The van der Waals surface area contributed by atoms with E-state index in [1.54, 1.807) is 0 Å². The van der Waals surface area contributed by atoms with Crippen molar-refractivity contribution in [1.82, 2.24) is 0 Å². The topological polar surface area (TPSA) is 9.23 Å². The van der Waals surface area contributed by atoms with Gasteiger partial charge in [0.2, 0.25) is 0 Å². The lowest BCUT2D eigenvalue weighted by atomic mass is 9.82. The van der Waals surface area contributed by atoms with Crippen LogP contribution >= 0.6 is 27.5 Å². The molecule has 1 nitrogen and oxygen atoms in total. The summed E-state index contributed by atoms with van der Waals surface area (Å²) >= 11 is 9.85. The second-order valence-electron chi connectivity index (χ2n) is 5.36. The number of halogens is 2. The molecule has 0 saturated heterocycles. The van der Waals surface area contributed by atoms with Crippen molar-refractivity contribution in [3.05, 3.63) is 28.8 Å². The second kappa shape index (κ2) is 8.16. The highest BCUT2D eigenvalue weighted by atomic mass is 79.9. The molecule has 0 bridgehead atoms. The Morgan fingerprint density at radius 3 is 2.37 bits per heavy atom. The van der Waals surface area contributed by atoms with Gasteiger partial charge in [-0.2, -0.15) is 0 Å². The standard InChI is InChI=1S/C16H24BrClO/c1-4-8-16(11-17,9-5-2)12-19-15-10-13(3)6-7-14(15)18/h6-7,10H,4-5,8-9,11-12H2,1-3H3. The van der Waals surface area contributed by atoms with Crippen molar-refractivity contribution in [2.75, 3.05) is 11.9 Å². The van der Waals surface area contributed by atoms with Crippen LogP contribution in [0.2, 0.25) is 5.02 Å². The van der Waals surface area contributed by atoms with Gasteiger partial charge in [0.05, 0.1) is 11.6 Å². The monoisotopic (exact) mass is 346 g/mol. The van der Waals surface area contributed by atoms with Crippen LogP contribution in [-0.4, -0.2) is 11.9 Å². The molecular weight excluding hydrogens is 324 g/mol. The number of aryl methyl sites for hydroxylation is 1. The van der Waals surface area contributed by atoms with Gasteiger partial charge in [-0.25, -0.2) is 0 Å². The third-order valence-corrected chi connectivity index (χ3v) is 4.97. The van der Waals surface area contributed by atoms with Crippen LogP contribution < -0.4 is 4.74 Å². The zero-order valence-electron chi connectivity index (χ0n) is 12.1. The lowest BCUT2D eigenvalue weighted by molar-refractivity contribution is 0.144. The summed E-state index contributed by atoms with van der Waals surface area (Å²) in [6, 6.07) is 5.92. The molecule has 0 heterocycles. The van der Waals surface area contributed by atoms with Crippen LogP contribution in [0.1, 0.15) is 45.1 Å². The van der Waals surface area contributed by atoms with Gasteiger partial charge in [-0.1, -0.05) is 60.3 Å². The molecular formula is C16H24BrClO. The van der Waals surface area contributed by atoms with Gasteiger partial charge in [-0.3, -0.25) is 0 Å². The van der Waals surface area contributed by atoms with Gasteiger partial charge in [0, 0.05) is 10.7 Å². The van der Waals surface area contributed by atoms with Gasteiger partial charge in [0.15, 0.2) is 0 Å². The summed E-state index contributed by atoms with van der Waals surface area (Å²) in [5.74, 6) is 0.805. The molecule has 0 amide bonds. The molecule has 0 fully saturated rings. The molecule has 0 N–H and O–H groups in total. The van der Waals surface area contributed by atoms with E-state index in [1.807, 2.05) is 18.2 Å². The first-order valence-electron chi connectivity index (χ1n) is 7.02. The smallest absolute Gasteiger partial charge is 0.138 e. The zero-order valence-corrected chi connectivity index (χ0v) is 14.5. The third kappa shape index (κ3) is 5.00. The van der Waals surface area contributed by atoms with Crippen LogP contribution in [0.4, 0.5) is 0 Å². The summed E-state index contributed by atoms with van der Waals surface area (Å²) in [6.07, 6.45) is 4.71. The number of rotatable bonds is 8. The van der Waals surface area contributed by atoms with E-state index < -0.39 is 0 Å². The quantitative estimate of drug-likeness (QED) is 0.523. The predicted molar refractivity (Wildman–Crippen MR) is 87.7 cm³/mol. The maximum absolute atomic E-state index is 6.19. The van der Waals surface area contributed by atoms with E-state index in [2.05, 4.69) is 36.7 Å². The van der Waals surface area contributed by atoms with Crippen molar-refractivity contribution < 1.29 is 4.74 Å². The highest BCUT2D eigenvalue weighted by Crippen LogP contribution is 2.34. The maximum Gasteiger partial charge on any atom is 0.138 e. The van der Waals surface area contributed by atoms with Gasteiger partial charge in [-0.05, 0) is 37.5 Å². The van der Waals surface area contributed by atoms with Crippen LogP contribution in [0.15, 0.2) is 18.2 Å². The average Bonchev–Trinajstić information content (AvgIpc) is 2.40. The molecule has 1 rings (SSSR count). The Balaban J connectivity index is 2.77. The van der Waals surface area contributed by atoms with Gasteiger partial charge in [0.1, 0.15) is 5.75 Å². The molecule has 1 aromatic rings. The molecule has 1 aromatic carbocycles. The van der Waals surface area contributed by atoms with E-state index in [0.29, 0.717) is 5.02 Å². The molecule has 0 aromatic heterocycles. The van der Waals surface area contributed by atoms with Crippen LogP contribution in [0, 0.1) is 12.3 Å². The fraction of sp³-hybridized carbons (Fsp3) is 0.625. The molecule has 0 saturated carbocycles. The molecule has 3 heteroatoms. The lowest BCUT2D eigenvalue weighted by Gasteiger charge is -2.31. The molecule has 0 spiro atoms. The van der Waals surface area contributed by atoms with Crippen LogP contribution in [0.25, 0.3) is 0 Å². The minimum Gasteiger partial charge on any atom is -0.491 e. The first-order valence-corrected chi connectivity index (χ1v) is 8.51. The molecule has 0 aliphatic heterocycles. The van der Waals surface area contributed by atoms with Crippen molar-refractivity contribution in [2.45, 2.75) is 46.5 Å². The van der Waals surface area contributed by atoms with Gasteiger partial charge < -0.3 is 4.74 Å². The summed E-state index contributed by atoms with van der Waals surface area (Å²) in [5, 5.41) is 1.67. The van der Waals surface area contributed by atoms with E-state index in [9.17, 15) is 0 Å². The van der Waals surface area contributed by atoms with Crippen molar-refractivity contribution in [2.24, 2.45) is 5.41 Å². The first-order chi connectivity index (χ1) is 9.06. The zero-order chi connectivity index (χ0) is 14.3. The molecule has 0 atom stereocenters. The number of alkyl halides is 1. The summed E-state index contributed by atoms with van der Waals surface area (Å²) < 4.78 is 6.02. The summed E-state index contributed by atoms with van der Waals surface area (Å²) in [4.78, 5) is 0. The van der Waals surface area contributed by atoms with E-state index in [0.717, 1.165) is 17.7 Å². The Morgan fingerprint density at radius 1 is 1.21 bits per heavy atom. The highest BCUT2D eigenvalue weighted by molar-refractivity contribution is 9.09. The maximum atomic E-state index is 6.19. The number of benzene rings is 1. The van der Waals surface area contributed by atoms with Gasteiger partial charge in [-0.15, -0.1) is 0 Å². The van der Waals surface area contributed by atoms with Crippen LogP contribution in [0.5, 0.6) is 5.75 Å². The summed E-state index contributed by atoms with van der Waals surface area (Å²) in [7, 11) is 0. The Bertz CT molecular complexity index is 386. The van der Waals surface area contributed by atoms with Crippen molar-refractivity contribution in [3.63, 3.8) is 0 Å².